The third-order valence-electron chi connectivity index (χ3n) is 2.54. The number of carbonyl (C=O) groups is 1. The molecule has 1 amide bonds. The molecule has 19 heavy (non-hydrogen) atoms. The highest BCUT2D eigenvalue weighted by molar-refractivity contribution is 7.99. The molecule has 0 fully saturated rings. The summed E-state index contributed by atoms with van der Waals surface area (Å²) in [6.45, 7) is 2.78. The summed E-state index contributed by atoms with van der Waals surface area (Å²) in [6, 6.07) is 6.98. The van der Waals surface area contributed by atoms with E-state index < -0.39 is 0 Å². The van der Waals surface area contributed by atoms with Crippen LogP contribution in [0.25, 0.3) is 0 Å². The number of aliphatic hydroxyl groups excluding tert-OH is 1. The number of aliphatic hydroxyl groups is 1. The van der Waals surface area contributed by atoms with Crippen LogP contribution in [0.1, 0.15) is 23.7 Å². The molecule has 1 aromatic carbocycles. The fourth-order valence-electron chi connectivity index (χ4n) is 1.52. The Balaban J connectivity index is 2.43. The second-order valence-electron chi connectivity index (χ2n) is 4.01. The zero-order chi connectivity index (χ0) is 14.1. The Kier molecular flexibility index (Phi) is 7.32. The van der Waals surface area contributed by atoms with E-state index in [1.807, 2.05) is 6.07 Å². The molecule has 0 aliphatic rings. The molecule has 0 bridgehead atoms. The molecular weight excluding hydrogens is 264 g/mol. The molecule has 1 unspecified atom stereocenters. The fraction of sp³-hybridized carbons (Fsp3) is 0.462. The monoisotopic (exact) mass is 284 g/mol. The first-order valence-electron chi connectivity index (χ1n) is 6.14. The number of hydrazine groups is 1. The molecule has 0 radical (unpaired) electrons. The quantitative estimate of drug-likeness (QED) is 0.289. The van der Waals surface area contributed by atoms with Gasteiger partial charge in [0.1, 0.15) is 5.75 Å². The summed E-state index contributed by atoms with van der Waals surface area (Å²) >= 11 is 1.73. The van der Waals surface area contributed by atoms with Gasteiger partial charge in [-0.2, -0.15) is 11.8 Å². The Morgan fingerprint density at radius 3 is 2.95 bits per heavy atom. The minimum atomic E-state index is -0.364. The Hall–Kier alpha value is -1.24. The van der Waals surface area contributed by atoms with E-state index in [1.54, 1.807) is 30.0 Å². The highest BCUT2D eigenvalue weighted by Gasteiger charge is 2.10. The van der Waals surface area contributed by atoms with Gasteiger partial charge in [-0.1, -0.05) is 19.1 Å². The van der Waals surface area contributed by atoms with Gasteiger partial charge in [0.05, 0.1) is 12.2 Å². The van der Waals surface area contributed by atoms with Crippen LogP contribution in [0.2, 0.25) is 0 Å². The molecule has 0 heterocycles. The van der Waals surface area contributed by atoms with Crippen LogP contribution in [0, 0.1) is 0 Å². The molecule has 6 heteroatoms. The van der Waals surface area contributed by atoms with Gasteiger partial charge in [0, 0.05) is 17.6 Å². The molecule has 0 saturated heterocycles. The van der Waals surface area contributed by atoms with E-state index in [9.17, 15) is 4.79 Å². The van der Waals surface area contributed by atoms with Crippen molar-refractivity contribution in [3.05, 3.63) is 29.8 Å². The second-order valence-corrected chi connectivity index (χ2v) is 5.56. The molecule has 1 rings (SSSR count). The van der Waals surface area contributed by atoms with E-state index in [1.165, 1.54) is 0 Å². The number of hydrogen-bond donors (Lipinski definition) is 3. The lowest BCUT2D eigenvalue weighted by atomic mass is 10.2. The number of hydrogen-bond acceptors (Lipinski definition) is 5. The van der Waals surface area contributed by atoms with E-state index in [4.69, 9.17) is 15.7 Å². The highest BCUT2D eigenvalue weighted by Crippen LogP contribution is 2.19. The molecule has 0 aliphatic heterocycles. The maximum absolute atomic E-state index is 11.5. The van der Waals surface area contributed by atoms with Crippen molar-refractivity contribution in [3.8, 4) is 5.75 Å². The summed E-state index contributed by atoms with van der Waals surface area (Å²) in [6.07, 6.45) is 0.775. The zero-order valence-electron chi connectivity index (χ0n) is 11.0. The zero-order valence-corrected chi connectivity index (χ0v) is 11.8. The number of carbonyl (C=O) groups excluding carboxylic acids is 1. The summed E-state index contributed by atoms with van der Waals surface area (Å²) < 4.78 is 5.59. The molecule has 0 aromatic heterocycles. The number of benzene rings is 1. The van der Waals surface area contributed by atoms with Crippen molar-refractivity contribution in [2.45, 2.75) is 18.6 Å². The first-order chi connectivity index (χ1) is 9.19. The van der Waals surface area contributed by atoms with Crippen LogP contribution in [-0.2, 0) is 0 Å². The van der Waals surface area contributed by atoms with Crippen LogP contribution in [0.4, 0.5) is 0 Å². The topological polar surface area (TPSA) is 84.6 Å². The summed E-state index contributed by atoms with van der Waals surface area (Å²) in [7, 11) is 0. The predicted octanol–water partition coefficient (Wildman–Crippen LogP) is 1.17. The summed E-state index contributed by atoms with van der Waals surface area (Å²) in [5, 5.41) is 9.19. The smallest absolute Gasteiger partial charge is 0.268 e. The van der Waals surface area contributed by atoms with Gasteiger partial charge in [-0.15, -0.1) is 0 Å². The van der Waals surface area contributed by atoms with Crippen molar-refractivity contribution in [2.75, 3.05) is 19.0 Å². The lowest BCUT2D eigenvalue weighted by Gasteiger charge is -2.12. The van der Waals surface area contributed by atoms with Gasteiger partial charge in [-0.05, 0) is 18.6 Å². The van der Waals surface area contributed by atoms with Gasteiger partial charge in [0.25, 0.3) is 5.91 Å². The molecule has 0 saturated carbocycles. The predicted molar refractivity (Wildman–Crippen MR) is 77.2 cm³/mol. The molecular formula is C13H20N2O3S. The van der Waals surface area contributed by atoms with Gasteiger partial charge in [-0.3, -0.25) is 10.2 Å². The van der Waals surface area contributed by atoms with Crippen molar-refractivity contribution >= 4 is 17.7 Å². The van der Waals surface area contributed by atoms with Crippen molar-refractivity contribution in [2.24, 2.45) is 5.84 Å². The number of thioether (sulfide) groups is 1. The van der Waals surface area contributed by atoms with Crippen molar-refractivity contribution in [3.63, 3.8) is 0 Å². The number of nitrogens with one attached hydrogen (secondary N) is 1. The fourth-order valence-corrected chi connectivity index (χ4v) is 2.38. The minimum absolute atomic E-state index is 0.203. The van der Waals surface area contributed by atoms with Gasteiger partial charge in [0.2, 0.25) is 0 Å². The first-order valence-corrected chi connectivity index (χ1v) is 7.19. The molecule has 4 N–H and O–H groups in total. The van der Waals surface area contributed by atoms with Gasteiger partial charge < -0.3 is 9.84 Å². The Morgan fingerprint density at radius 2 is 2.26 bits per heavy atom. The lowest BCUT2D eigenvalue weighted by molar-refractivity contribution is 0.0950. The number of rotatable bonds is 8. The second kappa shape index (κ2) is 8.79. The maximum atomic E-state index is 11.5. The number of nitrogens with two attached hydrogens (primary N) is 1. The molecule has 1 aromatic rings. The Morgan fingerprint density at radius 1 is 1.53 bits per heavy atom. The minimum Gasteiger partial charge on any atom is -0.492 e. The third kappa shape index (κ3) is 5.50. The van der Waals surface area contributed by atoms with E-state index in [2.05, 4.69) is 12.3 Å². The Bertz CT molecular complexity index is 401. The van der Waals surface area contributed by atoms with Crippen molar-refractivity contribution in [1.29, 1.82) is 0 Å². The summed E-state index contributed by atoms with van der Waals surface area (Å²) in [5.74, 6) is 6.09. The highest BCUT2D eigenvalue weighted by atomic mass is 32.2. The molecule has 0 spiro atoms. The Labute approximate surface area is 117 Å². The van der Waals surface area contributed by atoms with Gasteiger partial charge in [-0.25, -0.2) is 5.84 Å². The van der Waals surface area contributed by atoms with Crippen LogP contribution in [0.15, 0.2) is 24.3 Å². The van der Waals surface area contributed by atoms with Gasteiger partial charge in [0.15, 0.2) is 0 Å². The van der Waals surface area contributed by atoms with Crippen LogP contribution in [-0.4, -0.2) is 35.2 Å². The third-order valence-corrected chi connectivity index (χ3v) is 3.75. The SMILES string of the molecule is CC(CCO)SCCOc1ccccc1C(=O)NN. The number of nitrogen functional groups attached to an aromatic ring is 1. The van der Waals surface area contributed by atoms with E-state index in [0.29, 0.717) is 23.2 Å². The van der Waals surface area contributed by atoms with Crippen LogP contribution < -0.4 is 16.0 Å². The summed E-state index contributed by atoms with van der Waals surface area (Å²) in [4.78, 5) is 11.5. The normalized spacial score (nSPS) is 11.9. The average molecular weight is 284 g/mol. The van der Waals surface area contributed by atoms with E-state index >= 15 is 0 Å². The lowest BCUT2D eigenvalue weighted by Crippen LogP contribution is -2.30. The molecule has 5 nitrogen and oxygen atoms in total. The molecule has 1 atom stereocenters. The van der Waals surface area contributed by atoms with E-state index in [-0.39, 0.29) is 12.5 Å². The number of para-hydroxylation sites is 1. The summed E-state index contributed by atoms with van der Waals surface area (Å²) in [5.41, 5.74) is 2.52. The van der Waals surface area contributed by atoms with Crippen molar-refractivity contribution < 1.29 is 14.6 Å². The standard InChI is InChI=1S/C13H20N2O3S/c1-10(6-7-16)19-9-8-18-12-5-3-2-4-11(12)13(17)15-14/h2-5,10,16H,6-9,14H2,1H3,(H,15,17). The number of ether oxygens (including phenoxy) is 1. The van der Waals surface area contributed by atoms with Gasteiger partial charge >= 0.3 is 0 Å². The van der Waals surface area contributed by atoms with Crippen molar-refractivity contribution in [1.82, 2.24) is 5.43 Å². The van der Waals surface area contributed by atoms with Crippen LogP contribution in [0.5, 0.6) is 5.75 Å². The average Bonchev–Trinajstić information content (AvgIpc) is 2.43. The maximum Gasteiger partial charge on any atom is 0.268 e. The van der Waals surface area contributed by atoms with Crippen LogP contribution >= 0.6 is 11.8 Å². The molecule has 0 aliphatic carbocycles. The van der Waals surface area contributed by atoms with E-state index in [0.717, 1.165) is 12.2 Å². The molecule has 106 valence electrons. The van der Waals surface area contributed by atoms with Crippen LogP contribution in [0.3, 0.4) is 0 Å². The number of amides is 1. The first kappa shape index (κ1) is 15.8. The largest absolute Gasteiger partial charge is 0.492 e.